The third-order valence-electron chi connectivity index (χ3n) is 4.30. The maximum atomic E-state index is 5.13. The van der Waals surface area contributed by atoms with Gasteiger partial charge in [0, 0.05) is 31.3 Å². The van der Waals surface area contributed by atoms with E-state index in [1.54, 1.807) is 0 Å². The maximum Gasteiger partial charge on any atom is 0.231 e. The first-order valence-corrected chi connectivity index (χ1v) is 9.07. The zero-order chi connectivity index (χ0) is 19.3. The minimum Gasteiger partial charge on any atom is -0.360 e. The van der Waals surface area contributed by atoms with Crippen LogP contribution in [-0.4, -0.2) is 22.2 Å². The number of benzene rings is 2. The van der Waals surface area contributed by atoms with Gasteiger partial charge in [0.25, 0.3) is 0 Å². The van der Waals surface area contributed by atoms with E-state index in [1.165, 1.54) is 5.56 Å². The smallest absolute Gasteiger partial charge is 0.231 e. The molecule has 1 N–H and O–H groups in total. The van der Waals surface area contributed by atoms with Gasteiger partial charge in [0.05, 0.1) is 5.69 Å². The lowest BCUT2D eigenvalue weighted by molar-refractivity contribution is 0.400. The van der Waals surface area contributed by atoms with Crippen molar-refractivity contribution in [3.05, 3.63) is 84.1 Å². The number of nitrogens with zero attached hydrogens (tertiary/aromatic N) is 4. The summed E-state index contributed by atoms with van der Waals surface area (Å²) in [4.78, 5) is 11.4. The highest BCUT2D eigenvalue weighted by Crippen LogP contribution is 2.25. The zero-order valence-electron chi connectivity index (χ0n) is 15.8. The van der Waals surface area contributed by atoms with E-state index in [0.29, 0.717) is 11.8 Å². The van der Waals surface area contributed by atoms with E-state index in [4.69, 9.17) is 4.52 Å². The predicted octanol–water partition coefficient (Wildman–Crippen LogP) is 4.82. The molecule has 4 rings (SSSR count). The largest absolute Gasteiger partial charge is 0.360 e. The SMILES string of the molecule is Cc1cc(Nc2nc(-c3ccccc3)cc(N(C)Cc3ccccc3)n2)no1. The van der Waals surface area contributed by atoms with Crippen LogP contribution in [0.15, 0.2) is 77.3 Å². The molecule has 2 heterocycles. The van der Waals surface area contributed by atoms with E-state index in [1.807, 2.05) is 74.6 Å². The highest BCUT2D eigenvalue weighted by Gasteiger charge is 2.12. The second-order valence-corrected chi connectivity index (χ2v) is 6.59. The second kappa shape index (κ2) is 7.92. The van der Waals surface area contributed by atoms with Crippen molar-refractivity contribution in [3.8, 4) is 11.3 Å². The van der Waals surface area contributed by atoms with Gasteiger partial charge in [0.15, 0.2) is 5.82 Å². The highest BCUT2D eigenvalue weighted by molar-refractivity contribution is 5.66. The monoisotopic (exact) mass is 371 g/mol. The summed E-state index contributed by atoms with van der Waals surface area (Å²) in [6.45, 7) is 2.59. The molecule has 0 fully saturated rings. The van der Waals surface area contributed by atoms with Gasteiger partial charge in [-0.05, 0) is 12.5 Å². The first-order chi connectivity index (χ1) is 13.7. The lowest BCUT2D eigenvalue weighted by Crippen LogP contribution is -2.18. The van der Waals surface area contributed by atoms with Crippen LogP contribution in [0.25, 0.3) is 11.3 Å². The molecule has 0 aliphatic carbocycles. The van der Waals surface area contributed by atoms with Crippen molar-refractivity contribution < 1.29 is 4.52 Å². The van der Waals surface area contributed by atoms with Crippen molar-refractivity contribution in [2.24, 2.45) is 0 Å². The Bertz CT molecular complexity index is 1050. The normalized spacial score (nSPS) is 10.6. The fraction of sp³-hybridized carbons (Fsp3) is 0.136. The molecule has 0 bridgehead atoms. The van der Waals surface area contributed by atoms with E-state index in [2.05, 4.69) is 37.5 Å². The Kier molecular flexibility index (Phi) is 5.01. The molecule has 0 aliphatic heterocycles. The molecule has 0 radical (unpaired) electrons. The molecule has 4 aromatic rings. The molecule has 28 heavy (non-hydrogen) atoms. The lowest BCUT2D eigenvalue weighted by atomic mass is 10.1. The molecular formula is C22H21N5O. The Morgan fingerprint density at radius 2 is 1.64 bits per heavy atom. The van der Waals surface area contributed by atoms with Gasteiger partial charge in [-0.3, -0.25) is 0 Å². The van der Waals surface area contributed by atoms with Crippen LogP contribution in [0.5, 0.6) is 0 Å². The summed E-state index contributed by atoms with van der Waals surface area (Å²) in [5, 5.41) is 7.12. The molecule has 2 aromatic heterocycles. The fourth-order valence-electron chi connectivity index (χ4n) is 2.92. The third kappa shape index (κ3) is 4.17. The van der Waals surface area contributed by atoms with Gasteiger partial charge < -0.3 is 14.7 Å². The van der Waals surface area contributed by atoms with Crippen molar-refractivity contribution in [3.63, 3.8) is 0 Å². The molecular weight excluding hydrogens is 350 g/mol. The van der Waals surface area contributed by atoms with E-state index >= 15 is 0 Å². The number of hydrogen-bond donors (Lipinski definition) is 1. The van der Waals surface area contributed by atoms with Crippen LogP contribution >= 0.6 is 0 Å². The van der Waals surface area contributed by atoms with Crippen LogP contribution in [0, 0.1) is 6.92 Å². The molecule has 6 heteroatoms. The van der Waals surface area contributed by atoms with E-state index < -0.39 is 0 Å². The van der Waals surface area contributed by atoms with Gasteiger partial charge in [-0.2, -0.15) is 4.98 Å². The number of anilines is 3. The summed E-state index contributed by atoms with van der Waals surface area (Å²) >= 11 is 0. The quantitative estimate of drug-likeness (QED) is 0.524. The van der Waals surface area contributed by atoms with Crippen LogP contribution in [0.3, 0.4) is 0 Å². The first-order valence-electron chi connectivity index (χ1n) is 9.07. The average molecular weight is 371 g/mol. The van der Waals surface area contributed by atoms with Gasteiger partial charge in [-0.15, -0.1) is 0 Å². The Labute approximate surface area is 163 Å². The van der Waals surface area contributed by atoms with E-state index in [0.717, 1.165) is 29.4 Å². The van der Waals surface area contributed by atoms with Crippen molar-refractivity contribution in [2.75, 3.05) is 17.3 Å². The van der Waals surface area contributed by atoms with Gasteiger partial charge in [-0.25, -0.2) is 4.98 Å². The van der Waals surface area contributed by atoms with E-state index in [9.17, 15) is 0 Å². The summed E-state index contributed by atoms with van der Waals surface area (Å²) in [7, 11) is 2.02. The molecule has 6 nitrogen and oxygen atoms in total. The first kappa shape index (κ1) is 17.7. The Morgan fingerprint density at radius 1 is 0.929 bits per heavy atom. The summed E-state index contributed by atoms with van der Waals surface area (Å²) in [5.74, 6) is 2.60. The van der Waals surface area contributed by atoms with Crippen LogP contribution in [-0.2, 0) is 6.54 Å². The predicted molar refractivity (Wildman–Crippen MR) is 111 cm³/mol. The van der Waals surface area contributed by atoms with Gasteiger partial charge in [-0.1, -0.05) is 65.8 Å². The molecule has 0 atom stereocenters. The molecule has 0 unspecified atom stereocenters. The molecule has 0 spiro atoms. The average Bonchev–Trinajstić information content (AvgIpc) is 3.13. The van der Waals surface area contributed by atoms with Gasteiger partial charge in [0.1, 0.15) is 11.6 Å². The van der Waals surface area contributed by atoms with Gasteiger partial charge >= 0.3 is 0 Å². The summed E-state index contributed by atoms with van der Waals surface area (Å²) in [5.41, 5.74) is 3.08. The van der Waals surface area contributed by atoms with E-state index in [-0.39, 0.29) is 0 Å². The van der Waals surface area contributed by atoms with Crippen molar-refractivity contribution >= 4 is 17.6 Å². The minimum absolute atomic E-state index is 0.476. The molecule has 140 valence electrons. The third-order valence-corrected chi connectivity index (χ3v) is 4.30. The molecule has 0 aliphatic rings. The van der Waals surface area contributed by atoms with Crippen LogP contribution in [0.1, 0.15) is 11.3 Å². The van der Waals surface area contributed by atoms with Crippen molar-refractivity contribution in [1.82, 2.24) is 15.1 Å². The van der Waals surface area contributed by atoms with Crippen molar-refractivity contribution in [1.29, 1.82) is 0 Å². The molecule has 0 amide bonds. The number of rotatable bonds is 6. The number of aryl methyl sites for hydroxylation is 1. The van der Waals surface area contributed by atoms with Gasteiger partial charge in [0.2, 0.25) is 5.95 Å². The Hall–Kier alpha value is -3.67. The van der Waals surface area contributed by atoms with Crippen LogP contribution < -0.4 is 10.2 Å². The topological polar surface area (TPSA) is 67.1 Å². The Balaban J connectivity index is 1.68. The lowest BCUT2D eigenvalue weighted by Gasteiger charge is -2.20. The number of aromatic nitrogens is 3. The van der Waals surface area contributed by atoms with Crippen molar-refractivity contribution in [2.45, 2.75) is 13.5 Å². The number of nitrogens with one attached hydrogen (secondary N) is 1. The maximum absolute atomic E-state index is 5.13. The highest BCUT2D eigenvalue weighted by atomic mass is 16.5. The summed E-state index contributed by atoms with van der Waals surface area (Å²) < 4.78 is 5.13. The Morgan fingerprint density at radius 3 is 2.32 bits per heavy atom. The standard InChI is InChI=1S/C22H21N5O/c1-16-13-20(26-28-16)24-22-23-19(18-11-7-4-8-12-18)14-21(25-22)27(2)15-17-9-5-3-6-10-17/h3-14H,15H2,1-2H3,(H,23,24,25,26). The van der Waals surface area contributed by atoms with Crippen LogP contribution in [0.2, 0.25) is 0 Å². The van der Waals surface area contributed by atoms with Crippen LogP contribution in [0.4, 0.5) is 17.6 Å². The second-order valence-electron chi connectivity index (χ2n) is 6.59. The molecule has 0 saturated heterocycles. The fourth-order valence-corrected chi connectivity index (χ4v) is 2.92. The summed E-state index contributed by atoms with van der Waals surface area (Å²) in [6, 6.07) is 24.2. The summed E-state index contributed by atoms with van der Waals surface area (Å²) in [6.07, 6.45) is 0. The minimum atomic E-state index is 0.476. The number of hydrogen-bond acceptors (Lipinski definition) is 6. The molecule has 2 aromatic carbocycles. The molecule has 0 saturated carbocycles. The zero-order valence-corrected chi connectivity index (χ0v) is 15.8.